The molecule has 4 atom stereocenters. The Balaban J connectivity index is 1.24. The number of pyridine rings is 1. The average molecular weight is 495 g/mol. The Labute approximate surface area is 206 Å². The molecular formula is C26H23ClN2O4S. The highest BCUT2D eigenvalue weighted by molar-refractivity contribution is 7.98. The minimum absolute atomic E-state index is 0.268. The normalized spacial score (nSPS) is 24.0. The second kappa shape index (κ2) is 8.91. The van der Waals surface area contributed by atoms with Crippen LogP contribution in [0, 0.1) is 0 Å². The molecule has 2 aliphatic rings. The summed E-state index contributed by atoms with van der Waals surface area (Å²) >= 11 is 8.34. The highest BCUT2D eigenvalue weighted by Crippen LogP contribution is 2.34. The van der Waals surface area contributed by atoms with Crippen molar-refractivity contribution in [3.8, 4) is 28.3 Å². The number of aromatic amines is 1. The van der Waals surface area contributed by atoms with Gasteiger partial charge in [0.2, 0.25) is 0 Å². The van der Waals surface area contributed by atoms with E-state index < -0.39 is 6.10 Å². The zero-order chi connectivity index (χ0) is 23.2. The Morgan fingerprint density at radius 3 is 2.38 bits per heavy atom. The Morgan fingerprint density at radius 1 is 0.971 bits per heavy atom. The fourth-order valence-corrected chi connectivity index (χ4v) is 5.25. The van der Waals surface area contributed by atoms with E-state index in [1.165, 1.54) is 10.5 Å². The van der Waals surface area contributed by atoms with Gasteiger partial charge in [-0.1, -0.05) is 48.0 Å². The smallest absolute Gasteiger partial charge is 0.193 e. The lowest BCUT2D eigenvalue weighted by atomic mass is 10.0. The summed E-state index contributed by atoms with van der Waals surface area (Å²) in [6.07, 6.45) is 0.571. The van der Waals surface area contributed by atoms with Crippen LogP contribution in [0.2, 0.25) is 5.02 Å². The monoisotopic (exact) mass is 494 g/mol. The minimum Gasteiger partial charge on any atom is -0.470 e. The quantitative estimate of drug-likeness (QED) is 0.372. The molecule has 4 aromatic rings. The van der Waals surface area contributed by atoms with E-state index in [0.717, 1.165) is 27.9 Å². The number of fused-ring (bicyclic) bond motifs is 2. The summed E-state index contributed by atoms with van der Waals surface area (Å²) in [6, 6.07) is 20.5. The van der Waals surface area contributed by atoms with Crippen molar-refractivity contribution in [2.75, 3.05) is 19.5 Å². The second-order valence-electron chi connectivity index (χ2n) is 8.51. The van der Waals surface area contributed by atoms with Crippen LogP contribution in [-0.2, 0) is 9.47 Å². The highest BCUT2D eigenvalue weighted by Gasteiger charge is 2.48. The van der Waals surface area contributed by atoms with Crippen molar-refractivity contribution in [2.45, 2.75) is 29.3 Å². The van der Waals surface area contributed by atoms with Gasteiger partial charge in [0, 0.05) is 16.5 Å². The maximum absolute atomic E-state index is 9.93. The average Bonchev–Trinajstić information content (AvgIpc) is 3.55. The topological polar surface area (TPSA) is 76.6 Å². The number of benzene rings is 2. The van der Waals surface area contributed by atoms with Crippen LogP contribution in [0.5, 0.6) is 5.88 Å². The molecule has 0 aliphatic carbocycles. The molecule has 0 radical (unpaired) electrons. The molecule has 2 aromatic carbocycles. The number of H-pyrrole nitrogens is 1. The largest absolute Gasteiger partial charge is 0.470 e. The van der Waals surface area contributed by atoms with Crippen molar-refractivity contribution in [1.82, 2.24) is 9.97 Å². The third-order valence-electron chi connectivity index (χ3n) is 6.37. The van der Waals surface area contributed by atoms with Crippen LogP contribution >= 0.6 is 23.4 Å². The van der Waals surface area contributed by atoms with Crippen LogP contribution < -0.4 is 4.74 Å². The van der Waals surface area contributed by atoms with Crippen LogP contribution in [0.3, 0.4) is 0 Å². The summed E-state index contributed by atoms with van der Waals surface area (Å²) in [7, 11) is 0. The fraction of sp³-hybridized carbons (Fsp3) is 0.269. The molecule has 6 nitrogen and oxygen atoms in total. The first-order valence-electron chi connectivity index (χ1n) is 11.1. The molecule has 8 heteroatoms. The number of aliphatic hydroxyl groups excluding tert-OH is 1. The van der Waals surface area contributed by atoms with Crippen LogP contribution in [-0.4, -0.2) is 59.0 Å². The van der Waals surface area contributed by atoms with Crippen molar-refractivity contribution >= 4 is 34.4 Å². The minimum atomic E-state index is -0.606. The SMILES string of the molecule is CSc1ccc(-c2ccc(-c3nc4cc(O[C@@H]5COC6[C@H](O)CO[C@@H]65)[nH]c4cc3Cl)cc2)cc1. The van der Waals surface area contributed by atoms with Gasteiger partial charge in [-0.05, 0) is 35.6 Å². The number of aromatic nitrogens is 2. The van der Waals surface area contributed by atoms with Crippen LogP contribution in [0.25, 0.3) is 33.4 Å². The molecule has 2 N–H and O–H groups in total. The summed E-state index contributed by atoms with van der Waals surface area (Å²) in [5.74, 6) is 0.569. The summed E-state index contributed by atoms with van der Waals surface area (Å²) in [6.45, 7) is 0.637. The van der Waals surface area contributed by atoms with Crippen molar-refractivity contribution < 1.29 is 19.3 Å². The second-order valence-corrected chi connectivity index (χ2v) is 9.80. The first kappa shape index (κ1) is 21.9. The van der Waals surface area contributed by atoms with Crippen molar-refractivity contribution in [2.24, 2.45) is 0 Å². The molecule has 0 saturated carbocycles. The number of ether oxygens (including phenoxy) is 3. The summed E-state index contributed by atoms with van der Waals surface area (Å²) in [5, 5.41) is 10.5. The molecule has 1 unspecified atom stereocenters. The van der Waals surface area contributed by atoms with E-state index in [-0.39, 0.29) is 24.9 Å². The molecule has 174 valence electrons. The predicted octanol–water partition coefficient (Wildman–Crippen LogP) is 5.18. The molecule has 0 spiro atoms. The fourth-order valence-electron chi connectivity index (χ4n) is 4.58. The van der Waals surface area contributed by atoms with E-state index >= 15 is 0 Å². The predicted molar refractivity (Wildman–Crippen MR) is 134 cm³/mol. The number of hydrogen-bond acceptors (Lipinski definition) is 6. The Morgan fingerprint density at radius 2 is 1.65 bits per heavy atom. The van der Waals surface area contributed by atoms with Crippen LogP contribution in [0.1, 0.15) is 0 Å². The molecule has 2 aromatic heterocycles. The molecular weight excluding hydrogens is 472 g/mol. The number of hydrogen-bond donors (Lipinski definition) is 2. The lowest BCUT2D eigenvalue weighted by Gasteiger charge is -2.16. The van der Waals surface area contributed by atoms with Gasteiger partial charge >= 0.3 is 0 Å². The number of nitrogens with zero attached hydrogens (tertiary/aromatic N) is 1. The highest BCUT2D eigenvalue weighted by atomic mass is 35.5. The van der Waals surface area contributed by atoms with Gasteiger partial charge in [-0.25, -0.2) is 4.98 Å². The number of halogens is 1. The molecule has 0 bridgehead atoms. The Hall–Kier alpha value is -2.55. The van der Waals surface area contributed by atoms with Gasteiger partial charge < -0.3 is 24.3 Å². The van der Waals surface area contributed by atoms with Gasteiger partial charge in [0.15, 0.2) is 12.0 Å². The summed E-state index contributed by atoms with van der Waals surface area (Å²) in [4.78, 5) is 9.27. The van der Waals surface area contributed by atoms with Crippen LogP contribution in [0.15, 0.2) is 65.6 Å². The Bertz CT molecular complexity index is 1330. The van der Waals surface area contributed by atoms with E-state index in [1.54, 1.807) is 11.8 Å². The van der Waals surface area contributed by atoms with Gasteiger partial charge in [0.1, 0.15) is 18.3 Å². The lowest BCUT2D eigenvalue weighted by Crippen LogP contribution is -2.34. The Kier molecular flexibility index (Phi) is 5.75. The molecule has 2 saturated heterocycles. The van der Waals surface area contributed by atoms with E-state index in [1.807, 2.05) is 24.3 Å². The molecule has 4 heterocycles. The molecule has 34 heavy (non-hydrogen) atoms. The number of rotatable bonds is 5. The van der Waals surface area contributed by atoms with E-state index in [9.17, 15) is 5.11 Å². The zero-order valence-corrected chi connectivity index (χ0v) is 20.0. The van der Waals surface area contributed by atoms with Gasteiger partial charge in [-0.3, -0.25) is 0 Å². The van der Waals surface area contributed by atoms with Crippen molar-refractivity contribution in [1.29, 1.82) is 0 Å². The standard InChI is InChI=1S/C26H23ClN2O4S/c1-34-17-8-6-15(7-9-17)14-2-4-16(5-3-14)24-18(27)10-19-20(29-24)11-23(28-19)33-22-13-32-25-21(30)12-31-26(22)25/h2-11,21-22,25-26,28,30H,12-13H2,1H3/t21-,22-,25?,26-/m1/s1. The number of aliphatic hydroxyl groups is 1. The van der Waals surface area contributed by atoms with E-state index in [0.29, 0.717) is 17.5 Å². The van der Waals surface area contributed by atoms with E-state index in [4.69, 9.17) is 30.8 Å². The zero-order valence-electron chi connectivity index (χ0n) is 18.4. The lowest BCUT2D eigenvalue weighted by molar-refractivity contribution is 0.00794. The van der Waals surface area contributed by atoms with Crippen molar-refractivity contribution in [3.63, 3.8) is 0 Å². The van der Waals surface area contributed by atoms with E-state index in [2.05, 4.69) is 47.6 Å². The third kappa shape index (κ3) is 3.97. The van der Waals surface area contributed by atoms with Gasteiger partial charge in [0.05, 0.1) is 35.0 Å². The first-order valence-corrected chi connectivity index (χ1v) is 12.7. The molecule has 6 rings (SSSR count). The maximum Gasteiger partial charge on any atom is 0.193 e. The number of nitrogens with one attached hydrogen (secondary N) is 1. The molecule has 2 aliphatic heterocycles. The van der Waals surface area contributed by atoms with Crippen LogP contribution in [0.4, 0.5) is 0 Å². The van der Waals surface area contributed by atoms with Crippen molar-refractivity contribution in [3.05, 3.63) is 65.7 Å². The molecule has 2 fully saturated rings. The first-order chi connectivity index (χ1) is 16.6. The number of thioether (sulfide) groups is 1. The third-order valence-corrected chi connectivity index (χ3v) is 7.40. The van der Waals surface area contributed by atoms with Gasteiger partial charge in [-0.2, -0.15) is 0 Å². The summed E-state index contributed by atoms with van der Waals surface area (Å²) in [5.41, 5.74) is 5.52. The molecule has 0 amide bonds. The summed E-state index contributed by atoms with van der Waals surface area (Å²) < 4.78 is 17.4. The van der Waals surface area contributed by atoms with Gasteiger partial charge in [0.25, 0.3) is 0 Å². The van der Waals surface area contributed by atoms with Gasteiger partial charge in [-0.15, -0.1) is 11.8 Å². The maximum atomic E-state index is 9.93.